The van der Waals surface area contributed by atoms with Crippen molar-refractivity contribution in [3.05, 3.63) is 59.7 Å². The lowest BCUT2D eigenvalue weighted by atomic mass is 9.94. The van der Waals surface area contributed by atoms with Gasteiger partial charge in [-0.2, -0.15) is 0 Å². The van der Waals surface area contributed by atoms with Gasteiger partial charge in [0.1, 0.15) is 12.6 Å². The van der Waals surface area contributed by atoms with Gasteiger partial charge in [-0.3, -0.25) is 9.59 Å². The highest BCUT2D eigenvalue weighted by atomic mass is 16.5. The molecule has 1 aliphatic carbocycles. The topological polar surface area (TPSA) is 114 Å². The molecular formula is C25H30N2O6. The lowest BCUT2D eigenvalue weighted by molar-refractivity contribution is -0.146. The number of carboxylic acid groups (broad SMARTS) is 1. The summed E-state index contributed by atoms with van der Waals surface area (Å²) < 4.78 is 10.6. The number of ether oxygens (including phenoxy) is 2. The first-order chi connectivity index (χ1) is 15.7. The Morgan fingerprint density at radius 3 is 2.15 bits per heavy atom. The van der Waals surface area contributed by atoms with Crippen molar-refractivity contribution >= 4 is 18.0 Å². The van der Waals surface area contributed by atoms with E-state index < -0.39 is 29.4 Å². The van der Waals surface area contributed by atoms with Gasteiger partial charge in [-0.1, -0.05) is 48.5 Å². The fraction of sp³-hybridized carbons (Fsp3) is 0.400. The number of benzene rings is 2. The molecule has 1 atom stereocenters. The van der Waals surface area contributed by atoms with Gasteiger partial charge >= 0.3 is 12.1 Å². The van der Waals surface area contributed by atoms with Gasteiger partial charge in [0.2, 0.25) is 5.91 Å². The van der Waals surface area contributed by atoms with Crippen LogP contribution in [0.1, 0.15) is 37.3 Å². The quantitative estimate of drug-likeness (QED) is 0.508. The van der Waals surface area contributed by atoms with Crippen molar-refractivity contribution in [1.29, 1.82) is 0 Å². The molecular weight excluding hydrogens is 424 g/mol. The van der Waals surface area contributed by atoms with E-state index in [1.165, 1.54) is 21.0 Å². The highest BCUT2D eigenvalue weighted by Gasteiger charge is 2.31. The summed E-state index contributed by atoms with van der Waals surface area (Å²) in [5.41, 5.74) is 3.30. The second-order valence-corrected chi connectivity index (χ2v) is 8.71. The van der Waals surface area contributed by atoms with Crippen molar-refractivity contribution in [2.75, 3.05) is 26.9 Å². The van der Waals surface area contributed by atoms with Crippen molar-refractivity contribution < 1.29 is 29.0 Å². The third-order valence-corrected chi connectivity index (χ3v) is 5.85. The molecule has 1 aliphatic rings. The fourth-order valence-corrected chi connectivity index (χ4v) is 3.79. The SMILES string of the molecule is COCCC(NC(=O)OCC1c2ccccc2-c2ccccc21)C(=O)NCC(C)(C)C(=O)O. The van der Waals surface area contributed by atoms with Crippen LogP contribution in [0.25, 0.3) is 11.1 Å². The first-order valence-electron chi connectivity index (χ1n) is 10.9. The third-order valence-electron chi connectivity index (χ3n) is 5.85. The molecule has 8 heteroatoms. The Morgan fingerprint density at radius 1 is 1.03 bits per heavy atom. The summed E-state index contributed by atoms with van der Waals surface area (Å²) in [7, 11) is 1.50. The maximum Gasteiger partial charge on any atom is 0.407 e. The zero-order valence-corrected chi connectivity index (χ0v) is 19.1. The third kappa shape index (κ3) is 5.70. The van der Waals surface area contributed by atoms with E-state index in [4.69, 9.17) is 9.47 Å². The van der Waals surface area contributed by atoms with Crippen LogP contribution in [0.4, 0.5) is 4.79 Å². The van der Waals surface area contributed by atoms with Crippen LogP contribution in [0.3, 0.4) is 0 Å². The first-order valence-corrected chi connectivity index (χ1v) is 10.9. The highest BCUT2D eigenvalue weighted by molar-refractivity contribution is 5.86. The van der Waals surface area contributed by atoms with Crippen LogP contribution in [-0.2, 0) is 19.1 Å². The van der Waals surface area contributed by atoms with Gasteiger partial charge in [-0.05, 0) is 36.1 Å². The number of alkyl carbamates (subject to hydrolysis) is 1. The Balaban J connectivity index is 1.63. The van der Waals surface area contributed by atoms with E-state index in [-0.39, 0.29) is 32.1 Å². The average molecular weight is 455 g/mol. The van der Waals surface area contributed by atoms with Gasteiger partial charge in [0, 0.05) is 32.6 Å². The summed E-state index contributed by atoms with van der Waals surface area (Å²) in [4.78, 5) is 36.5. The number of rotatable bonds is 10. The molecule has 176 valence electrons. The minimum absolute atomic E-state index is 0.0724. The molecule has 0 saturated heterocycles. The van der Waals surface area contributed by atoms with Crippen molar-refractivity contribution in [1.82, 2.24) is 10.6 Å². The van der Waals surface area contributed by atoms with Crippen molar-refractivity contribution in [2.24, 2.45) is 5.41 Å². The number of aliphatic carboxylic acids is 1. The standard InChI is InChI=1S/C25H30N2O6/c1-25(2,23(29)30)15-26-22(28)21(12-13-32-3)27-24(31)33-14-20-18-10-6-4-8-16(18)17-9-5-7-11-19(17)20/h4-11,20-21H,12-15H2,1-3H3,(H,26,28)(H,27,31)(H,29,30). The maximum absolute atomic E-state index is 12.6. The summed E-state index contributed by atoms with van der Waals surface area (Å²) in [5.74, 6) is -1.61. The highest BCUT2D eigenvalue weighted by Crippen LogP contribution is 2.44. The number of amides is 2. The van der Waals surface area contributed by atoms with E-state index in [2.05, 4.69) is 22.8 Å². The molecule has 8 nitrogen and oxygen atoms in total. The minimum Gasteiger partial charge on any atom is -0.481 e. The first kappa shape index (κ1) is 24.3. The van der Waals surface area contributed by atoms with Crippen LogP contribution in [0.5, 0.6) is 0 Å². The van der Waals surface area contributed by atoms with Crippen LogP contribution < -0.4 is 10.6 Å². The molecule has 0 spiro atoms. The van der Waals surface area contributed by atoms with Crippen LogP contribution >= 0.6 is 0 Å². The molecule has 0 fully saturated rings. The van der Waals surface area contributed by atoms with Crippen molar-refractivity contribution in [3.63, 3.8) is 0 Å². The van der Waals surface area contributed by atoms with Crippen molar-refractivity contribution in [2.45, 2.75) is 32.2 Å². The van der Waals surface area contributed by atoms with Crippen LogP contribution in [0, 0.1) is 5.41 Å². The Morgan fingerprint density at radius 2 is 1.61 bits per heavy atom. The van der Waals surface area contributed by atoms with E-state index in [9.17, 15) is 19.5 Å². The molecule has 0 aromatic heterocycles. The summed E-state index contributed by atoms with van der Waals surface area (Å²) in [6.45, 7) is 3.32. The molecule has 33 heavy (non-hydrogen) atoms. The largest absolute Gasteiger partial charge is 0.481 e. The molecule has 1 unspecified atom stereocenters. The second kappa shape index (κ2) is 10.5. The summed E-state index contributed by atoms with van der Waals surface area (Å²) in [5, 5.41) is 14.4. The van der Waals surface area contributed by atoms with E-state index in [1.807, 2.05) is 36.4 Å². The van der Waals surface area contributed by atoms with E-state index >= 15 is 0 Å². The molecule has 3 rings (SSSR count). The lowest BCUT2D eigenvalue weighted by Crippen LogP contribution is -2.50. The summed E-state index contributed by atoms with van der Waals surface area (Å²) in [6, 6.07) is 15.1. The monoisotopic (exact) mass is 454 g/mol. The smallest absolute Gasteiger partial charge is 0.407 e. The fourth-order valence-electron chi connectivity index (χ4n) is 3.79. The van der Waals surface area contributed by atoms with Crippen molar-refractivity contribution in [3.8, 4) is 11.1 Å². The number of carbonyl (C=O) groups excluding carboxylic acids is 2. The number of hydrogen-bond donors (Lipinski definition) is 3. The van der Waals surface area contributed by atoms with E-state index in [1.54, 1.807) is 0 Å². The molecule has 2 amide bonds. The lowest BCUT2D eigenvalue weighted by Gasteiger charge is -2.23. The zero-order chi connectivity index (χ0) is 24.0. The average Bonchev–Trinajstić information content (AvgIpc) is 3.12. The summed E-state index contributed by atoms with van der Waals surface area (Å²) >= 11 is 0. The van der Waals surface area contributed by atoms with Gasteiger partial charge in [0.05, 0.1) is 5.41 Å². The normalized spacial score (nSPS) is 13.5. The molecule has 0 radical (unpaired) electrons. The number of nitrogens with one attached hydrogen (secondary N) is 2. The van der Waals surface area contributed by atoms with Gasteiger partial charge in [-0.15, -0.1) is 0 Å². The number of hydrogen-bond acceptors (Lipinski definition) is 5. The van der Waals surface area contributed by atoms with Gasteiger partial charge < -0.3 is 25.2 Å². The second-order valence-electron chi connectivity index (χ2n) is 8.71. The van der Waals surface area contributed by atoms with Crippen LogP contribution in [0.15, 0.2) is 48.5 Å². The molecule has 0 aliphatic heterocycles. The molecule has 0 saturated carbocycles. The zero-order valence-electron chi connectivity index (χ0n) is 19.1. The Labute approximate surface area is 193 Å². The molecule has 2 aromatic carbocycles. The Kier molecular flexibility index (Phi) is 7.71. The van der Waals surface area contributed by atoms with Gasteiger partial charge in [0.25, 0.3) is 0 Å². The maximum atomic E-state index is 12.6. The van der Waals surface area contributed by atoms with Gasteiger partial charge in [0.15, 0.2) is 0 Å². The van der Waals surface area contributed by atoms with E-state index in [0.29, 0.717) is 0 Å². The van der Waals surface area contributed by atoms with Crippen LogP contribution in [-0.4, -0.2) is 56.0 Å². The van der Waals surface area contributed by atoms with E-state index in [0.717, 1.165) is 22.3 Å². The number of carboxylic acids is 1. The molecule has 3 N–H and O–H groups in total. The van der Waals surface area contributed by atoms with Crippen LogP contribution in [0.2, 0.25) is 0 Å². The molecule has 2 aromatic rings. The van der Waals surface area contributed by atoms with Gasteiger partial charge in [-0.25, -0.2) is 4.79 Å². The minimum atomic E-state index is -1.13. The predicted octanol–water partition coefficient (Wildman–Crippen LogP) is 3.16. The Bertz CT molecular complexity index is 974. The number of methoxy groups -OCH3 is 1. The molecule has 0 bridgehead atoms. The number of carbonyl (C=O) groups is 3. The molecule has 0 heterocycles. The summed E-state index contributed by atoms with van der Waals surface area (Å²) in [6.07, 6.45) is -0.495. The number of fused-ring (bicyclic) bond motifs is 3. The Hall–Kier alpha value is -3.39. The predicted molar refractivity (Wildman–Crippen MR) is 123 cm³/mol.